The SMILES string of the molecule is CCN(C(=O)c1ccc2c(c1)COC2)c1cccc(O)c1. The molecule has 1 aliphatic heterocycles. The molecule has 2 aromatic carbocycles. The van der Waals surface area contributed by atoms with Crippen LogP contribution in [0.2, 0.25) is 0 Å². The van der Waals surface area contributed by atoms with Gasteiger partial charge in [0.05, 0.1) is 13.2 Å². The molecule has 0 radical (unpaired) electrons. The van der Waals surface area contributed by atoms with Gasteiger partial charge in [-0.25, -0.2) is 0 Å². The lowest BCUT2D eigenvalue weighted by Crippen LogP contribution is -2.30. The Bertz CT molecular complexity index is 681. The maximum absolute atomic E-state index is 12.7. The number of carbonyl (C=O) groups is 1. The molecule has 0 saturated carbocycles. The molecule has 1 amide bonds. The third-order valence-electron chi connectivity index (χ3n) is 3.67. The Kier molecular flexibility index (Phi) is 3.62. The molecular weight excluding hydrogens is 266 g/mol. The molecule has 0 unspecified atom stereocenters. The van der Waals surface area contributed by atoms with Crippen LogP contribution in [0.15, 0.2) is 42.5 Å². The summed E-state index contributed by atoms with van der Waals surface area (Å²) in [6.07, 6.45) is 0. The topological polar surface area (TPSA) is 49.8 Å². The summed E-state index contributed by atoms with van der Waals surface area (Å²) < 4.78 is 5.38. The van der Waals surface area contributed by atoms with Gasteiger partial charge in [-0.3, -0.25) is 4.79 Å². The van der Waals surface area contributed by atoms with Crippen molar-refractivity contribution in [3.8, 4) is 5.75 Å². The summed E-state index contributed by atoms with van der Waals surface area (Å²) >= 11 is 0. The summed E-state index contributed by atoms with van der Waals surface area (Å²) in [5, 5.41) is 9.58. The lowest BCUT2D eigenvalue weighted by atomic mass is 10.1. The van der Waals surface area contributed by atoms with Crippen molar-refractivity contribution in [2.24, 2.45) is 0 Å². The average Bonchev–Trinajstić information content (AvgIpc) is 2.95. The molecule has 108 valence electrons. The predicted molar refractivity (Wildman–Crippen MR) is 80.4 cm³/mol. The molecule has 0 spiro atoms. The number of phenolic OH excluding ortho intramolecular Hbond substituents is 1. The maximum atomic E-state index is 12.7. The molecule has 3 rings (SSSR count). The van der Waals surface area contributed by atoms with Gasteiger partial charge in [-0.05, 0) is 42.3 Å². The van der Waals surface area contributed by atoms with E-state index in [0.717, 1.165) is 11.1 Å². The van der Waals surface area contributed by atoms with Gasteiger partial charge >= 0.3 is 0 Å². The Morgan fingerprint density at radius 2 is 2.00 bits per heavy atom. The first-order chi connectivity index (χ1) is 10.2. The third kappa shape index (κ3) is 2.62. The number of ether oxygens (including phenoxy) is 1. The predicted octanol–water partition coefficient (Wildman–Crippen LogP) is 3.09. The zero-order valence-electron chi connectivity index (χ0n) is 11.9. The van der Waals surface area contributed by atoms with Gasteiger partial charge in [0.25, 0.3) is 5.91 Å². The molecule has 2 aromatic rings. The normalized spacial score (nSPS) is 13.0. The fourth-order valence-corrected chi connectivity index (χ4v) is 2.57. The molecule has 21 heavy (non-hydrogen) atoms. The number of benzene rings is 2. The Morgan fingerprint density at radius 1 is 1.19 bits per heavy atom. The van der Waals surface area contributed by atoms with Crippen LogP contribution in [0.3, 0.4) is 0 Å². The highest BCUT2D eigenvalue weighted by Gasteiger charge is 2.19. The average molecular weight is 283 g/mol. The van der Waals surface area contributed by atoms with Crippen LogP contribution in [0.5, 0.6) is 5.75 Å². The largest absolute Gasteiger partial charge is 0.508 e. The summed E-state index contributed by atoms with van der Waals surface area (Å²) in [7, 11) is 0. The van der Waals surface area contributed by atoms with E-state index in [-0.39, 0.29) is 11.7 Å². The minimum absolute atomic E-state index is 0.0715. The van der Waals surface area contributed by atoms with E-state index in [0.29, 0.717) is 31.0 Å². The molecule has 1 aliphatic rings. The van der Waals surface area contributed by atoms with Gasteiger partial charge in [-0.15, -0.1) is 0 Å². The van der Waals surface area contributed by atoms with Gasteiger partial charge in [0.2, 0.25) is 0 Å². The molecule has 4 heteroatoms. The van der Waals surface area contributed by atoms with Crippen LogP contribution in [0, 0.1) is 0 Å². The van der Waals surface area contributed by atoms with Crippen LogP contribution in [0.1, 0.15) is 28.4 Å². The number of fused-ring (bicyclic) bond motifs is 1. The number of nitrogens with zero attached hydrogens (tertiary/aromatic N) is 1. The van der Waals surface area contributed by atoms with Crippen molar-refractivity contribution in [2.45, 2.75) is 20.1 Å². The standard InChI is InChI=1S/C17H17NO3/c1-2-18(15-4-3-5-16(19)9-15)17(20)12-6-7-13-10-21-11-14(13)8-12/h3-9,19H,2,10-11H2,1H3. The van der Waals surface area contributed by atoms with Crippen molar-refractivity contribution in [3.05, 3.63) is 59.2 Å². The minimum atomic E-state index is -0.0715. The summed E-state index contributed by atoms with van der Waals surface area (Å²) in [6.45, 7) is 3.64. The van der Waals surface area contributed by atoms with Gasteiger partial charge in [-0.1, -0.05) is 12.1 Å². The van der Waals surface area contributed by atoms with E-state index in [1.165, 1.54) is 0 Å². The zero-order chi connectivity index (χ0) is 14.8. The molecule has 1 N–H and O–H groups in total. The monoisotopic (exact) mass is 283 g/mol. The van der Waals surface area contributed by atoms with Gasteiger partial charge in [0, 0.05) is 23.9 Å². The zero-order valence-corrected chi connectivity index (χ0v) is 11.9. The number of hydrogen-bond donors (Lipinski definition) is 1. The van der Waals surface area contributed by atoms with Crippen LogP contribution in [-0.2, 0) is 18.0 Å². The molecule has 0 atom stereocenters. The molecule has 0 fully saturated rings. The number of aromatic hydroxyl groups is 1. The Morgan fingerprint density at radius 3 is 2.76 bits per heavy atom. The molecule has 0 saturated heterocycles. The molecular formula is C17H17NO3. The molecule has 0 bridgehead atoms. The van der Waals surface area contributed by atoms with Gasteiger partial charge < -0.3 is 14.7 Å². The lowest BCUT2D eigenvalue weighted by molar-refractivity contribution is 0.0988. The first-order valence-electron chi connectivity index (χ1n) is 6.99. The van der Waals surface area contributed by atoms with Crippen LogP contribution < -0.4 is 4.90 Å². The summed E-state index contributed by atoms with van der Waals surface area (Å²) in [6, 6.07) is 12.4. The summed E-state index contributed by atoms with van der Waals surface area (Å²) in [5.41, 5.74) is 3.56. The van der Waals surface area contributed by atoms with Crippen LogP contribution in [-0.4, -0.2) is 17.6 Å². The van der Waals surface area contributed by atoms with Crippen LogP contribution in [0.4, 0.5) is 5.69 Å². The second-order valence-electron chi connectivity index (χ2n) is 5.05. The summed E-state index contributed by atoms with van der Waals surface area (Å²) in [5.74, 6) is 0.0823. The van der Waals surface area contributed by atoms with E-state index in [4.69, 9.17) is 4.74 Å². The van der Waals surface area contributed by atoms with E-state index in [9.17, 15) is 9.90 Å². The van der Waals surface area contributed by atoms with Gasteiger partial charge in [0.15, 0.2) is 0 Å². The number of phenols is 1. The highest BCUT2D eigenvalue weighted by Crippen LogP contribution is 2.25. The molecule has 4 nitrogen and oxygen atoms in total. The fourth-order valence-electron chi connectivity index (χ4n) is 2.57. The van der Waals surface area contributed by atoms with Crippen molar-refractivity contribution in [2.75, 3.05) is 11.4 Å². The van der Waals surface area contributed by atoms with Gasteiger partial charge in [0.1, 0.15) is 5.75 Å². The Labute approximate surface area is 123 Å². The van der Waals surface area contributed by atoms with Crippen LogP contribution >= 0.6 is 0 Å². The number of carbonyl (C=O) groups excluding carboxylic acids is 1. The number of anilines is 1. The second kappa shape index (κ2) is 5.58. The Balaban J connectivity index is 1.92. The van der Waals surface area contributed by atoms with Crippen LogP contribution in [0.25, 0.3) is 0 Å². The first kappa shape index (κ1) is 13.6. The molecule has 1 heterocycles. The van der Waals surface area contributed by atoms with Crippen molar-refractivity contribution in [1.29, 1.82) is 0 Å². The van der Waals surface area contributed by atoms with Crippen molar-refractivity contribution < 1.29 is 14.6 Å². The highest BCUT2D eigenvalue weighted by molar-refractivity contribution is 6.06. The minimum Gasteiger partial charge on any atom is -0.508 e. The summed E-state index contributed by atoms with van der Waals surface area (Å²) in [4.78, 5) is 14.3. The van der Waals surface area contributed by atoms with E-state index in [2.05, 4.69) is 0 Å². The van der Waals surface area contributed by atoms with Crippen molar-refractivity contribution in [1.82, 2.24) is 0 Å². The van der Waals surface area contributed by atoms with Crippen molar-refractivity contribution in [3.63, 3.8) is 0 Å². The van der Waals surface area contributed by atoms with E-state index < -0.39 is 0 Å². The fraction of sp³-hybridized carbons (Fsp3) is 0.235. The maximum Gasteiger partial charge on any atom is 0.258 e. The van der Waals surface area contributed by atoms with Crippen molar-refractivity contribution >= 4 is 11.6 Å². The number of hydrogen-bond acceptors (Lipinski definition) is 3. The number of amides is 1. The molecule has 0 aliphatic carbocycles. The lowest BCUT2D eigenvalue weighted by Gasteiger charge is -2.21. The quantitative estimate of drug-likeness (QED) is 0.941. The van der Waals surface area contributed by atoms with E-state index in [1.807, 2.05) is 31.2 Å². The smallest absolute Gasteiger partial charge is 0.258 e. The third-order valence-corrected chi connectivity index (χ3v) is 3.67. The van der Waals surface area contributed by atoms with Gasteiger partial charge in [-0.2, -0.15) is 0 Å². The van der Waals surface area contributed by atoms with E-state index in [1.54, 1.807) is 23.1 Å². The second-order valence-corrected chi connectivity index (χ2v) is 5.05. The first-order valence-corrected chi connectivity index (χ1v) is 6.99. The highest BCUT2D eigenvalue weighted by atomic mass is 16.5. The number of rotatable bonds is 3. The van der Waals surface area contributed by atoms with E-state index >= 15 is 0 Å². The molecule has 0 aromatic heterocycles. The Hall–Kier alpha value is -2.33.